The molecule has 1 heterocycles. The van der Waals surface area contributed by atoms with Gasteiger partial charge in [0.1, 0.15) is 0 Å². The SMILES string of the molecule is COc1ccc(C(CN)C2CCCCN2C)c(OC)c1OC. The maximum absolute atomic E-state index is 6.13. The number of benzene rings is 1. The molecule has 22 heavy (non-hydrogen) atoms. The summed E-state index contributed by atoms with van der Waals surface area (Å²) in [7, 11) is 7.11. The van der Waals surface area contributed by atoms with Gasteiger partial charge < -0.3 is 24.8 Å². The summed E-state index contributed by atoms with van der Waals surface area (Å²) in [6, 6.07) is 4.42. The molecule has 2 unspecified atom stereocenters. The molecule has 2 rings (SSSR count). The monoisotopic (exact) mass is 308 g/mol. The molecule has 1 aliphatic heterocycles. The van der Waals surface area contributed by atoms with Crippen LogP contribution in [0.15, 0.2) is 12.1 Å². The standard InChI is InChI=1S/C17H28N2O3/c1-19-10-6-5-7-14(19)13(11-18)12-8-9-15(20-2)17(22-4)16(12)21-3/h8-9,13-14H,5-7,10-11,18H2,1-4H3. The Labute approximate surface area is 133 Å². The van der Waals surface area contributed by atoms with Crippen LogP contribution in [0.5, 0.6) is 17.2 Å². The normalized spacial score (nSPS) is 20.5. The van der Waals surface area contributed by atoms with Crippen molar-refractivity contribution in [2.45, 2.75) is 31.2 Å². The topological polar surface area (TPSA) is 57.0 Å². The molecule has 1 aliphatic rings. The lowest BCUT2D eigenvalue weighted by Gasteiger charge is -2.38. The van der Waals surface area contributed by atoms with E-state index in [1.54, 1.807) is 21.3 Å². The third-order valence-corrected chi connectivity index (χ3v) is 4.68. The van der Waals surface area contributed by atoms with E-state index in [4.69, 9.17) is 19.9 Å². The van der Waals surface area contributed by atoms with E-state index in [1.807, 2.05) is 6.07 Å². The molecule has 0 amide bonds. The van der Waals surface area contributed by atoms with E-state index in [-0.39, 0.29) is 5.92 Å². The van der Waals surface area contributed by atoms with E-state index < -0.39 is 0 Å². The van der Waals surface area contributed by atoms with Crippen molar-refractivity contribution in [2.75, 3.05) is 41.5 Å². The maximum atomic E-state index is 6.13. The molecule has 0 saturated carbocycles. The van der Waals surface area contributed by atoms with Gasteiger partial charge in [0.25, 0.3) is 0 Å². The molecular weight excluding hydrogens is 280 g/mol. The number of rotatable bonds is 6. The van der Waals surface area contributed by atoms with Crippen molar-refractivity contribution >= 4 is 0 Å². The van der Waals surface area contributed by atoms with Gasteiger partial charge in [-0.25, -0.2) is 0 Å². The third kappa shape index (κ3) is 3.15. The fraction of sp³-hybridized carbons (Fsp3) is 0.647. The summed E-state index contributed by atoms with van der Waals surface area (Å²) < 4.78 is 16.5. The number of ether oxygens (including phenoxy) is 3. The highest BCUT2D eigenvalue weighted by Gasteiger charge is 2.31. The van der Waals surface area contributed by atoms with Gasteiger partial charge in [-0.1, -0.05) is 12.5 Å². The number of methoxy groups -OCH3 is 3. The molecule has 0 bridgehead atoms. The minimum Gasteiger partial charge on any atom is -0.493 e. The average molecular weight is 308 g/mol. The first-order valence-corrected chi connectivity index (χ1v) is 7.87. The van der Waals surface area contributed by atoms with Crippen molar-refractivity contribution in [1.29, 1.82) is 0 Å². The van der Waals surface area contributed by atoms with Gasteiger partial charge in [0, 0.05) is 24.1 Å². The highest BCUT2D eigenvalue weighted by molar-refractivity contribution is 5.57. The van der Waals surface area contributed by atoms with Crippen LogP contribution in [-0.2, 0) is 0 Å². The van der Waals surface area contributed by atoms with Crippen LogP contribution in [0.3, 0.4) is 0 Å². The van der Waals surface area contributed by atoms with Crippen LogP contribution < -0.4 is 19.9 Å². The van der Waals surface area contributed by atoms with Crippen LogP contribution in [0.4, 0.5) is 0 Å². The van der Waals surface area contributed by atoms with E-state index in [9.17, 15) is 0 Å². The average Bonchev–Trinajstić information content (AvgIpc) is 2.56. The fourth-order valence-corrected chi connectivity index (χ4v) is 3.52. The Morgan fingerprint density at radius 1 is 1.14 bits per heavy atom. The van der Waals surface area contributed by atoms with Gasteiger partial charge in [0.2, 0.25) is 5.75 Å². The smallest absolute Gasteiger partial charge is 0.203 e. The van der Waals surface area contributed by atoms with Crippen molar-refractivity contribution in [3.63, 3.8) is 0 Å². The van der Waals surface area contributed by atoms with Gasteiger partial charge in [-0.05, 0) is 32.5 Å². The molecule has 0 radical (unpaired) electrons. The van der Waals surface area contributed by atoms with Crippen LogP contribution in [0.2, 0.25) is 0 Å². The Kier molecular flexibility index (Phi) is 5.91. The Hall–Kier alpha value is -1.46. The summed E-state index contributed by atoms with van der Waals surface area (Å²) in [6.07, 6.45) is 3.67. The second-order valence-corrected chi connectivity index (χ2v) is 5.81. The minimum absolute atomic E-state index is 0.222. The summed E-state index contributed by atoms with van der Waals surface area (Å²) in [4.78, 5) is 2.41. The Morgan fingerprint density at radius 2 is 1.86 bits per heavy atom. The molecule has 0 aromatic heterocycles. The first-order chi connectivity index (χ1) is 10.7. The number of hydrogen-bond donors (Lipinski definition) is 1. The van der Waals surface area contributed by atoms with Crippen molar-refractivity contribution in [1.82, 2.24) is 4.90 Å². The number of likely N-dealkylation sites (tertiary alicyclic amines) is 1. The van der Waals surface area contributed by atoms with Gasteiger partial charge in [-0.2, -0.15) is 0 Å². The Morgan fingerprint density at radius 3 is 2.41 bits per heavy atom. The van der Waals surface area contributed by atoms with Crippen LogP contribution in [0.25, 0.3) is 0 Å². The molecule has 5 nitrogen and oxygen atoms in total. The minimum atomic E-state index is 0.222. The van der Waals surface area contributed by atoms with E-state index in [1.165, 1.54) is 12.8 Å². The molecule has 1 fully saturated rings. The first kappa shape index (κ1) is 16.9. The molecule has 2 atom stereocenters. The summed E-state index contributed by atoms with van der Waals surface area (Å²) in [5.41, 5.74) is 7.23. The summed E-state index contributed by atoms with van der Waals surface area (Å²) in [5, 5.41) is 0. The lowest BCUT2D eigenvalue weighted by molar-refractivity contribution is 0.158. The van der Waals surface area contributed by atoms with Gasteiger partial charge in [0.05, 0.1) is 21.3 Å². The van der Waals surface area contributed by atoms with E-state index in [2.05, 4.69) is 18.0 Å². The zero-order valence-corrected chi connectivity index (χ0v) is 14.1. The van der Waals surface area contributed by atoms with Crippen LogP contribution >= 0.6 is 0 Å². The van der Waals surface area contributed by atoms with E-state index >= 15 is 0 Å². The molecule has 5 heteroatoms. The second-order valence-electron chi connectivity index (χ2n) is 5.81. The molecule has 124 valence electrons. The van der Waals surface area contributed by atoms with Gasteiger partial charge in [-0.3, -0.25) is 0 Å². The lowest BCUT2D eigenvalue weighted by atomic mass is 9.84. The molecular formula is C17H28N2O3. The van der Waals surface area contributed by atoms with Crippen LogP contribution in [-0.4, -0.2) is 52.4 Å². The Bertz CT molecular complexity index is 493. The van der Waals surface area contributed by atoms with Crippen LogP contribution in [0.1, 0.15) is 30.7 Å². The van der Waals surface area contributed by atoms with E-state index in [0.29, 0.717) is 24.1 Å². The molecule has 0 aliphatic carbocycles. The van der Waals surface area contributed by atoms with Crippen molar-refractivity contribution in [2.24, 2.45) is 5.73 Å². The number of nitrogens with zero attached hydrogens (tertiary/aromatic N) is 1. The molecule has 0 spiro atoms. The second kappa shape index (κ2) is 7.70. The van der Waals surface area contributed by atoms with Crippen LogP contribution in [0, 0.1) is 0 Å². The van der Waals surface area contributed by atoms with Crippen molar-refractivity contribution in [3.8, 4) is 17.2 Å². The number of likely N-dealkylation sites (N-methyl/N-ethyl adjacent to an activating group) is 1. The lowest BCUT2D eigenvalue weighted by Crippen LogP contribution is -2.43. The Balaban J connectivity index is 2.44. The van der Waals surface area contributed by atoms with Gasteiger partial charge in [-0.15, -0.1) is 0 Å². The third-order valence-electron chi connectivity index (χ3n) is 4.68. The van der Waals surface area contributed by atoms with Gasteiger partial charge in [0.15, 0.2) is 11.5 Å². The summed E-state index contributed by atoms with van der Waals surface area (Å²) >= 11 is 0. The molecule has 1 aromatic rings. The number of hydrogen-bond acceptors (Lipinski definition) is 5. The highest BCUT2D eigenvalue weighted by atomic mass is 16.5. The van der Waals surface area contributed by atoms with Crippen molar-refractivity contribution in [3.05, 3.63) is 17.7 Å². The number of piperidine rings is 1. The molecule has 2 N–H and O–H groups in total. The predicted molar refractivity (Wildman–Crippen MR) is 88.2 cm³/mol. The summed E-state index contributed by atoms with van der Waals surface area (Å²) in [5.74, 6) is 2.27. The molecule has 1 aromatic carbocycles. The zero-order valence-electron chi connectivity index (χ0n) is 14.1. The number of nitrogens with two attached hydrogens (primary N) is 1. The summed E-state index contributed by atoms with van der Waals surface area (Å²) in [6.45, 7) is 1.71. The largest absolute Gasteiger partial charge is 0.493 e. The fourth-order valence-electron chi connectivity index (χ4n) is 3.52. The molecule has 1 saturated heterocycles. The zero-order chi connectivity index (χ0) is 16.1. The maximum Gasteiger partial charge on any atom is 0.203 e. The van der Waals surface area contributed by atoms with Crippen molar-refractivity contribution < 1.29 is 14.2 Å². The predicted octanol–water partition coefficient (Wildman–Crippen LogP) is 2.24. The quantitative estimate of drug-likeness (QED) is 0.873. The first-order valence-electron chi connectivity index (χ1n) is 7.87. The highest BCUT2D eigenvalue weighted by Crippen LogP contribution is 2.44. The van der Waals surface area contributed by atoms with Gasteiger partial charge >= 0.3 is 0 Å². The van der Waals surface area contributed by atoms with E-state index in [0.717, 1.165) is 24.3 Å².